The first-order chi connectivity index (χ1) is 8.52. The Morgan fingerprint density at radius 3 is 2.72 bits per heavy atom. The molecule has 0 aromatic heterocycles. The number of hydrogen-bond acceptors (Lipinski definition) is 3. The molecule has 18 heavy (non-hydrogen) atoms. The molecule has 2 N–H and O–H groups in total. The lowest BCUT2D eigenvalue weighted by atomic mass is 10.2. The minimum atomic E-state index is 0.0411. The van der Waals surface area contributed by atoms with Crippen molar-refractivity contribution in [1.82, 2.24) is 5.32 Å². The fourth-order valence-corrected chi connectivity index (χ4v) is 1.77. The average Bonchev–Trinajstić information content (AvgIpc) is 2.29. The van der Waals surface area contributed by atoms with Crippen molar-refractivity contribution in [3.63, 3.8) is 0 Å². The van der Waals surface area contributed by atoms with Gasteiger partial charge < -0.3 is 15.5 Å². The van der Waals surface area contributed by atoms with Gasteiger partial charge in [-0.05, 0) is 31.7 Å². The predicted octanol–water partition coefficient (Wildman–Crippen LogP) is 2.08. The average molecular weight is 249 g/mol. The van der Waals surface area contributed by atoms with Gasteiger partial charge in [-0.3, -0.25) is 4.79 Å². The predicted molar refractivity (Wildman–Crippen MR) is 77.2 cm³/mol. The molecule has 0 spiro atoms. The molecule has 4 nitrogen and oxygen atoms in total. The Hall–Kier alpha value is -1.55. The quantitative estimate of drug-likeness (QED) is 0.811. The van der Waals surface area contributed by atoms with E-state index in [1.54, 1.807) is 0 Å². The van der Waals surface area contributed by atoms with Crippen molar-refractivity contribution < 1.29 is 4.79 Å². The molecule has 1 aromatic rings. The Balaban J connectivity index is 2.56. The number of nitrogens with one attached hydrogen (secondary N) is 2. The monoisotopic (exact) mass is 249 g/mol. The minimum Gasteiger partial charge on any atom is -0.378 e. The Kier molecular flexibility index (Phi) is 5.65. The summed E-state index contributed by atoms with van der Waals surface area (Å²) in [5.74, 6) is 0.0411. The van der Waals surface area contributed by atoms with E-state index in [2.05, 4.69) is 10.6 Å². The van der Waals surface area contributed by atoms with Crippen LogP contribution in [0, 0.1) is 0 Å². The van der Waals surface area contributed by atoms with E-state index < -0.39 is 0 Å². The maximum Gasteiger partial charge on any atom is 0.225 e. The standard InChI is InChI=1S/C14H23N3O/c1-5-15-11(2)9-14(18)16-12-7-6-8-13(10-12)17(3)4/h6-8,10-11,15H,5,9H2,1-4H3,(H,16,18). The highest BCUT2D eigenvalue weighted by molar-refractivity contribution is 5.91. The number of carbonyl (C=O) groups is 1. The van der Waals surface area contributed by atoms with Crippen molar-refractivity contribution >= 4 is 17.3 Å². The summed E-state index contributed by atoms with van der Waals surface area (Å²) < 4.78 is 0. The van der Waals surface area contributed by atoms with Crippen LogP contribution in [-0.2, 0) is 4.79 Å². The van der Waals surface area contributed by atoms with Gasteiger partial charge in [-0.25, -0.2) is 0 Å². The molecular weight excluding hydrogens is 226 g/mol. The number of amides is 1. The van der Waals surface area contributed by atoms with Gasteiger partial charge in [-0.15, -0.1) is 0 Å². The van der Waals surface area contributed by atoms with E-state index >= 15 is 0 Å². The second-order valence-electron chi connectivity index (χ2n) is 4.66. The van der Waals surface area contributed by atoms with Crippen molar-refractivity contribution in [1.29, 1.82) is 0 Å². The van der Waals surface area contributed by atoms with E-state index in [0.29, 0.717) is 6.42 Å². The van der Waals surface area contributed by atoms with Crippen molar-refractivity contribution in [2.45, 2.75) is 26.3 Å². The van der Waals surface area contributed by atoms with Crippen LogP contribution >= 0.6 is 0 Å². The van der Waals surface area contributed by atoms with E-state index in [1.807, 2.05) is 57.1 Å². The summed E-state index contributed by atoms with van der Waals surface area (Å²) in [6.07, 6.45) is 0.486. The van der Waals surface area contributed by atoms with E-state index in [4.69, 9.17) is 0 Å². The Bertz CT molecular complexity index is 390. The van der Waals surface area contributed by atoms with Crippen LogP contribution in [-0.4, -0.2) is 32.6 Å². The number of rotatable bonds is 6. The van der Waals surface area contributed by atoms with Crippen LogP contribution in [0.25, 0.3) is 0 Å². The summed E-state index contributed by atoms with van der Waals surface area (Å²) in [7, 11) is 3.96. The van der Waals surface area contributed by atoms with Crippen LogP contribution in [0.4, 0.5) is 11.4 Å². The molecule has 0 saturated heterocycles. The van der Waals surface area contributed by atoms with E-state index in [0.717, 1.165) is 17.9 Å². The largest absolute Gasteiger partial charge is 0.378 e. The molecule has 1 rings (SSSR count). The van der Waals surface area contributed by atoms with Gasteiger partial charge in [0.15, 0.2) is 0 Å². The molecule has 0 fully saturated rings. The van der Waals surface area contributed by atoms with Gasteiger partial charge in [0.05, 0.1) is 0 Å². The van der Waals surface area contributed by atoms with Gasteiger partial charge >= 0.3 is 0 Å². The Labute approximate surface area is 109 Å². The zero-order valence-corrected chi connectivity index (χ0v) is 11.7. The van der Waals surface area contributed by atoms with Crippen LogP contribution in [0.1, 0.15) is 20.3 Å². The zero-order chi connectivity index (χ0) is 13.5. The summed E-state index contributed by atoms with van der Waals surface area (Å²) in [5, 5.41) is 6.14. The molecule has 0 aliphatic heterocycles. The van der Waals surface area contributed by atoms with Crippen LogP contribution in [0.3, 0.4) is 0 Å². The molecule has 1 atom stereocenters. The van der Waals surface area contributed by atoms with Crippen molar-refractivity contribution in [3.8, 4) is 0 Å². The summed E-state index contributed by atoms with van der Waals surface area (Å²) in [5.41, 5.74) is 1.92. The molecule has 0 radical (unpaired) electrons. The highest BCUT2D eigenvalue weighted by atomic mass is 16.1. The summed E-state index contributed by atoms with van der Waals surface area (Å²) in [6, 6.07) is 8.03. The Morgan fingerprint density at radius 1 is 1.39 bits per heavy atom. The second kappa shape index (κ2) is 7.01. The maximum absolute atomic E-state index is 11.8. The number of carbonyl (C=O) groups excluding carboxylic acids is 1. The highest BCUT2D eigenvalue weighted by Gasteiger charge is 2.08. The van der Waals surface area contributed by atoms with Crippen molar-refractivity contribution in [3.05, 3.63) is 24.3 Å². The van der Waals surface area contributed by atoms with E-state index in [1.165, 1.54) is 0 Å². The molecular formula is C14H23N3O. The molecule has 100 valence electrons. The van der Waals surface area contributed by atoms with E-state index in [9.17, 15) is 4.79 Å². The fraction of sp³-hybridized carbons (Fsp3) is 0.500. The fourth-order valence-electron chi connectivity index (χ4n) is 1.77. The summed E-state index contributed by atoms with van der Waals surface area (Å²) in [6.45, 7) is 4.93. The van der Waals surface area contributed by atoms with Gasteiger partial charge in [0.2, 0.25) is 5.91 Å². The van der Waals surface area contributed by atoms with Gasteiger partial charge in [0, 0.05) is 37.9 Å². The molecule has 0 bridgehead atoms. The third kappa shape index (κ3) is 4.75. The van der Waals surface area contributed by atoms with Gasteiger partial charge in [0.1, 0.15) is 0 Å². The smallest absolute Gasteiger partial charge is 0.225 e. The lowest BCUT2D eigenvalue weighted by Gasteiger charge is -2.15. The summed E-state index contributed by atoms with van der Waals surface area (Å²) >= 11 is 0. The normalized spacial score (nSPS) is 12.0. The molecule has 0 aliphatic rings. The van der Waals surface area contributed by atoms with Crippen LogP contribution < -0.4 is 15.5 Å². The first-order valence-electron chi connectivity index (χ1n) is 6.33. The molecule has 1 amide bonds. The molecule has 0 heterocycles. The molecule has 4 heteroatoms. The van der Waals surface area contributed by atoms with Gasteiger partial charge in [-0.1, -0.05) is 13.0 Å². The number of hydrogen-bond donors (Lipinski definition) is 2. The Morgan fingerprint density at radius 2 is 2.11 bits per heavy atom. The number of benzene rings is 1. The molecule has 0 saturated carbocycles. The van der Waals surface area contributed by atoms with Gasteiger partial charge in [-0.2, -0.15) is 0 Å². The lowest BCUT2D eigenvalue weighted by Crippen LogP contribution is -2.30. The van der Waals surface area contributed by atoms with Crippen LogP contribution in [0.2, 0.25) is 0 Å². The molecule has 1 aromatic carbocycles. The maximum atomic E-state index is 11.8. The first kappa shape index (κ1) is 14.5. The molecule has 1 unspecified atom stereocenters. The summed E-state index contributed by atoms with van der Waals surface area (Å²) in [4.78, 5) is 13.8. The highest BCUT2D eigenvalue weighted by Crippen LogP contribution is 2.17. The third-order valence-electron chi connectivity index (χ3n) is 2.69. The van der Waals surface area contributed by atoms with Crippen molar-refractivity contribution in [2.24, 2.45) is 0 Å². The SMILES string of the molecule is CCNC(C)CC(=O)Nc1cccc(N(C)C)c1. The van der Waals surface area contributed by atoms with E-state index in [-0.39, 0.29) is 11.9 Å². The second-order valence-corrected chi connectivity index (χ2v) is 4.66. The number of nitrogens with zero attached hydrogens (tertiary/aromatic N) is 1. The van der Waals surface area contributed by atoms with Crippen LogP contribution in [0.15, 0.2) is 24.3 Å². The van der Waals surface area contributed by atoms with Crippen LogP contribution in [0.5, 0.6) is 0 Å². The van der Waals surface area contributed by atoms with Crippen molar-refractivity contribution in [2.75, 3.05) is 30.9 Å². The zero-order valence-electron chi connectivity index (χ0n) is 11.7. The topological polar surface area (TPSA) is 44.4 Å². The third-order valence-corrected chi connectivity index (χ3v) is 2.69. The van der Waals surface area contributed by atoms with Gasteiger partial charge in [0.25, 0.3) is 0 Å². The minimum absolute atomic E-state index is 0.0411. The molecule has 0 aliphatic carbocycles. The number of anilines is 2. The first-order valence-corrected chi connectivity index (χ1v) is 6.33. The lowest BCUT2D eigenvalue weighted by molar-refractivity contribution is -0.116.